The van der Waals surface area contributed by atoms with Crippen LogP contribution in [0, 0.1) is 0 Å². The quantitative estimate of drug-likeness (QED) is 0.240. The van der Waals surface area contributed by atoms with E-state index in [0.29, 0.717) is 42.2 Å². The van der Waals surface area contributed by atoms with Gasteiger partial charge in [-0.25, -0.2) is 0 Å². The Morgan fingerprint density at radius 1 is 0.907 bits per heavy atom. The number of hydrogen-bond acceptors (Lipinski definition) is 6. The molecule has 0 saturated carbocycles. The maximum atomic E-state index is 14.0. The number of fused-ring (bicyclic) bond motifs is 1. The monoisotopic (exact) mass is 580 g/mol. The molecule has 2 fully saturated rings. The molecule has 2 atom stereocenters. The largest absolute Gasteiger partial charge is 0.371 e. The number of carbonyl (C=O) groups excluding carboxylic acids is 2. The van der Waals surface area contributed by atoms with Gasteiger partial charge in [-0.2, -0.15) is 4.98 Å². The van der Waals surface area contributed by atoms with Gasteiger partial charge in [-0.15, -0.1) is 0 Å². The van der Waals surface area contributed by atoms with Gasteiger partial charge in [0.05, 0.1) is 11.7 Å². The summed E-state index contributed by atoms with van der Waals surface area (Å²) in [6.07, 6.45) is 5.11. The zero-order valence-corrected chi connectivity index (χ0v) is 25.3. The molecule has 8 heteroatoms. The summed E-state index contributed by atoms with van der Waals surface area (Å²) in [6.45, 7) is 8.14. The molecule has 2 aliphatic heterocycles. The maximum Gasteiger partial charge on any atom is 0.254 e. The van der Waals surface area contributed by atoms with Gasteiger partial charge in [-0.1, -0.05) is 47.6 Å². The molecule has 4 aromatic rings. The zero-order chi connectivity index (χ0) is 30.0. The van der Waals surface area contributed by atoms with Crippen LogP contribution in [0.2, 0.25) is 0 Å². The SMILES string of the molecule is CC(C)(C)O[C@@H]1C[C@H](c2nc(CCCc3ccccc3)no2)N(C(=O)c2ccc3cc(C(=O)N4CCCC4)ccc3c2)C1. The van der Waals surface area contributed by atoms with E-state index < -0.39 is 0 Å². The summed E-state index contributed by atoms with van der Waals surface area (Å²) in [7, 11) is 0. The lowest BCUT2D eigenvalue weighted by Gasteiger charge is -2.25. The number of aryl methyl sites for hydroxylation is 2. The second-order valence-electron chi connectivity index (χ2n) is 12.7. The van der Waals surface area contributed by atoms with Crippen LogP contribution < -0.4 is 0 Å². The van der Waals surface area contributed by atoms with Crippen LogP contribution in [0.25, 0.3) is 10.8 Å². The zero-order valence-electron chi connectivity index (χ0n) is 25.3. The molecule has 43 heavy (non-hydrogen) atoms. The molecule has 0 unspecified atom stereocenters. The fourth-order valence-electron chi connectivity index (χ4n) is 6.22. The average Bonchev–Trinajstić information content (AvgIpc) is 3.77. The Bertz CT molecular complexity index is 1590. The molecule has 0 aliphatic carbocycles. The topological polar surface area (TPSA) is 88.8 Å². The number of hydrogen-bond donors (Lipinski definition) is 0. The maximum absolute atomic E-state index is 14.0. The van der Waals surface area contributed by atoms with E-state index in [9.17, 15) is 9.59 Å². The van der Waals surface area contributed by atoms with E-state index >= 15 is 0 Å². The molecule has 0 N–H and O–H groups in total. The first kappa shape index (κ1) is 29.1. The molecule has 3 heterocycles. The number of carbonyl (C=O) groups is 2. The normalized spacial score (nSPS) is 19.0. The van der Waals surface area contributed by atoms with Crippen LogP contribution in [-0.4, -0.2) is 63.1 Å². The standard InChI is InChI=1S/C35H40N4O4/c1-35(2,3)42-29-22-30(32-36-31(37-43-32)13-9-12-24-10-5-4-6-11-24)39(23-29)34(41)28-17-15-25-20-27(16-14-26(25)21-28)33(40)38-18-7-8-19-38/h4-6,10-11,14-17,20-21,29-30H,7-9,12-13,18-19,22-23H2,1-3H3/t29-,30-/m1/s1. The molecule has 8 nitrogen and oxygen atoms in total. The van der Waals surface area contributed by atoms with Crippen molar-refractivity contribution in [3.8, 4) is 0 Å². The second kappa shape index (κ2) is 12.3. The van der Waals surface area contributed by atoms with Crippen molar-refractivity contribution >= 4 is 22.6 Å². The van der Waals surface area contributed by atoms with Crippen LogP contribution in [0.3, 0.4) is 0 Å². The molecule has 2 saturated heterocycles. The van der Waals surface area contributed by atoms with Crippen molar-refractivity contribution in [1.29, 1.82) is 0 Å². The summed E-state index contributed by atoms with van der Waals surface area (Å²) < 4.78 is 12.1. The lowest BCUT2D eigenvalue weighted by molar-refractivity contribution is -0.0535. The van der Waals surface area contributed by atoms with Crippen LogP contribution in [0.1, 0.15) is 90.5 Å². The van der Waals surface area contributed by atoms with E-state index in [1.54, 1.807) is 0 Å². The fourth-order valence-corrected chi connectivity index (χ4v) is 6.22. The predicted molar refractivity (Wildman–Crippen MR) is 165 cm³/mol. The number of ether oxygens (including phenoxy) is 1. The molecule has 0 bridgehead atoms. The fraction of sp³-hybridized carbons (Fsp3) is 0.429. The number of rotatable bonds is 8. The molecule has 6 rings (SSSR count). The summed E-state index contributed by atoms with van der Waals surface area (Å²) in [6, 6.07) is 21.4. The minimum atomic E-state index is -0.369. The molecule has 0 radical (unpaired) electrons. The summed E-state index contributed by atoms with van der Waals surface area (Å²) >= 11 is 0. The third-order valence-electron chi connectivity index (χ3n) is 8.25. The van der Waals surface area contributed by atoms with Gasteiger partial charge in [0.1, 0.15) is 6.04 Å². The highest BCUT2D eigenvalue weighted by molar-refractivity contribution is 6.02. The van der Waals surface area contributed by atoms with Gasteiger partial charge in [-0.05, 0) is 87.1 Å². The minimum absolute atomic E-state index is 0.0725. The van der Waals surface area contributed by atoms with Crippen molar-refractivity contribution in [2.75, 3.05) is 19.6 Å². The van der Waals surface area contributed by atoms with Crippen molar-refractivity contribution in [2.24, 2.45) is 0 Å². The summed E-state index contributed by atoms with van der Waals surface area (Å²) in [5.74, 6) is 1.08. The van der Waals surface area contributed by atoms with Gasteiger partial charge in [0, 0.05) is 43.6 Å². The van der Waals surface area contributed by atoms with Crippen molar-refractivity contribution in [1.82, 2.24) is 19.9 Å². The summed E-state index contributed by atoms with van der Waals surface area (Å²) in [4.78, 5) is 35.3. The van der Waals surface area contributed by atoms with Crippen molar-refractivity contribution in [2.45, 2.75) is 77.0 Å². The molecular formula is C35H40N4O4. The van der Waals surface area contributed by atoms with Gasteiger partial charge in [0.25, 0.3) is 11.8 Å². The number of nitrogens with zero attached hydrogens (tertiary/aromatic N) is 4. The Morgan fingerprint density at radius 2 is 1.58 bits per heavy atom. The lowest BCUT2D eigenvalue weighted by atomic mass is 10.0. The summed E-state index contributed by atoms with van der Waals surface area (Å²) in [5.41, 5.74) is 2.20. The van der Waals surface area contributed by atoms with E-state index in [-0.39, 0.29) is 29.6 Å². The first-order valence-corrected chi connectivity index (χ1v) is 15.4. The van der Waals surface area contributed by atoms with Gasteiger partial charge in [0.15, 0.2) is 5.82 Å². The van der Waals surface area contributed by atoms with Crippen molar-refractivity contribution in [3.05, 3.63) is 95.1 Å². The molecule has 1 aromatic heterocycles. The number of amides is 2. The van der Waals surface area contributed by atoms with Gasteiger partial charge >= 0.3 is 0 Å². The highest BCUT2D eigenvalue weighted by Crippen LogP contribution is 2.36. The van der Waals surface area contributed by atoms with E-state index in [4.69, 9.17) is 14.2 Å². The Labute approximate surface area is 253 Å². The lowest BCUT2D eigenvalue weighted by Crippen LogP contribution is -2.34. The average molecular weight is 581 g/mol. The molecule has 2 aliphatic rings. The Kier molecular flexibility index (Phi) is 8.30. The van der Waals surface area contributed by atoms with Crippen LogP contribution >= 0.6 is 0 Å². The third kappa shape index (κ3) is 6.80. The number of aromatic nitrogens is 2. The van der Waals surface area contributed by atoms with E-state index in [2.05, 4.69) is 17.3 Å². The van der Waals surface area contributed by atoms with E-state index in [1.807, 2.05) is 85.2 Å². The minimum Gasteiger partial charge on any atom is -0.371 e. The smallest absolute Gasteiger partial charge is 0.254 e. The van der Waals surface area contributed by atoms with Crippen LogP contribution in [0.5, 0.6) is 0 Å². The number of benzene rings is 3. The third-order valence-corrected chi connectivity index (χ3v) is 8.25. The molecular weight excluding hydrogens is 540 g/mol. The van der Waals surface area contributed by atoms with Crippen molar-refractivity contribution in [3.63, 3.8) is 0 Å². The van der Waals surface area contributed by atoms with Crippen LogP contribution in [0.4, 0.5) is 0 Å². The van der Waals surface area contributed by atoms with Gasteiger partial charge in [-0.3, -0.25) is 9.59 Å². The Hall–Kier alpha value is -4.04. The van der Waals surface area contributed by atoms with Crippen LogP contribution in [-0.2, 0) is 17.6 Å². The molecule has 2 amide bonds. The summed E-state index contributed by atoms with van der Waals surface area (Å²) in [5, 5.41) is 6.11. The number of likely N-dealkylation sites (tertiary alicyclic amines) is 2. The van der Waals surface area contributed by atoms with Gasteiger partial charge in [0.2, 0.25) is 5.89 Å². The Balaban J connectivity index is 1.19. The van der Waals surface area contributed by atoms with E-state index in [1.165, 1.54) is 5.56 Å². The first-order chi connectivity index (χ1) is 20.7. The highest BCUT2D eigenvalue weighted by Gasteiger charge is 2.41. The predicted octanol–water partition coefficient (Wildman–Crippen LogP) is 6.41. The van der Waals surface area contributed by atoms with Crippen LogP contribution in [0.15, 0.2) is 71.3 Å². The molecule has 224 valence electrons. The van der Waals surface area contributed by atoms with Gasteiger partial charge < -0.3 is 19.1 Å². The Morgan fingerprint density at radius 3 is 2.26 bits per heavy atom. The molecule has 0 spiro atoms. The highest BCUT2D eigenvalue weighted by atomic mass is 16.5. The van der Waals surface area contributed by atoms with E-state index in [0.717, 1.165) is 49.5 Å². The van der Waals surface area contributed by atoms with Crippen molar-refractivity contribution < 1.29 is 18.8 Å². The molecule has 3 aromatic carbocycles. The first-order valence-electron chi connectivity index (χ1n) is 15.4. The second-order valence-corrected chi connectivity index (χ2v) is 12.7.